The summed E-state index contributed by atoms with van der Waals surface area (Å²) in [5.74, 6) is 2.25. The van der Waals surface area contributed by atoms with Crippen LogP contribution in [0.1, 0.15) is 54.5 Å². The standard InChI is InChI=1S/C27H24ClFN8/c28-19-1-3-22-17(7-19)11-35(14-26(13-31)5-6-26)12-24-33-34-25(37(22)24)18-8-27(9-18)15-36(16-27)23-4-2-20(29)21(10-30)32-23/h1-4,7,18H,5-6,8-9,11-12,14-16H2. The van der Waals surface area contributed by atoms with E-state index in [0.717, 1.165) is 74.8 Å². The lowest BCUT2D eigenvalue weighted by Crippen LogP contribution is -2.62. The summed E-state index contributed by atoms with van der Waals surface area (Å²) in [6, 6.07) is 13.3. The van der Waals surface area contributed by atoms with Crippen LogP contribution in [0.15, 0.2) is 30.3 Å². The number of anilines is 1. The van der Waals surface area contributed by atoms with Crippen molar-refractivity contribution >= 4 is 17.4 Å². The molecule has 186 valence electrons. The molecule has 3 fully saturated rings. The van der Waals surface area contributed by atoms with Crippen molar-refractivity contribution in [3.8, 4) is 17.8 Å². The Balaban J connectivity index is 1.12. The third-order valence-corrected chi connectivity index (χ3v) is 8.69. The molecular weight excluding hydrogens is 491 g/mol. The quantitative estimate of drug-likeness (QED) is 0.511. The van der Waals surface area contributed by atoms with Crippen molar-refractivity contribution in [2.45, 2.75) is 44.7 Å². The fourth-order valence-corrected chi connectivity index (χ4v) is 6.58. The zero-order valence-electron chi connectivity index (χ0n) is 20.2. The topological polar surface area (TPSA) is 97.7 Å². The Kier molecular flexibility index (Phi) is 4.89. The maximum absolute atomic E-state index is 13.7. The number of halogens is 2. The van der Waals surface area contributed by atoms with Crippen LogP contribution >= 0.6 is 11.6 Å². The summed E-state index contributed by atoms with van der Waals surface area (Å²) in [5.41, 5.74) is 1.98. The van der Waals surface area contributed by atoms with Gasteiger partial charge in [-0.3, -0.25) is 9.47 Å². The number of benzene rings is 1. The van der Waals surface area contributed by atoms with Crippen molar-refractivity contribution in [2.24, 2.45) is 10.8 Å². The Morgan fingerprint density at radius 1 is 1.08 bits per heavy atom. The number of nitrogens with zero attached hydrogens (tertiary/aromatic N) is 8. The van der Waals surface area contributed by atoms with Gasteiger partial charge in [0.1, 0.15) is 17.7 Å². The Labute approximate surface area is 218 Å². The van der Waals surface area contributed by atoms with Gasteiger partial charge in [-0.25, -0.2) is 9.37 Å². The van der Waals surface area contributed by atoms with Gasteiger partial charge in [0.2, 0.25) is 0 Å². The molecule has 1 aromatic carbocycles. The van der Waals surface area contributed by atoms with Crippen LogP contribution in [0.5, 0.6) is 0 Å². The number of pyridine rings is 1. The molecule has 1 spiro atoms. The summed E-state index contributed by atoms with van der Waals surface area (Å²) in [6.45, 7) is 3.77. The van der Waals surface area contributed by atoms with E-state index in [1.807, 2.05) is 18.2 Å². The molecule has 7 rings (SSSR count). The van der Waals surface area contributed by atoms with Gasteiger partial charge < -0.3 is 4.90 Å². The van der Waals surface area contributed by atoms with Gasteiger partial charge in [-0.2, -0.15) is 10.5 Å². The molecule has 0 atom stereocenters. The molecule has 0 radical (unpaired) electrons. The van der Waals surface area contributed by atoms with E-state index in [9.17, 15) is 9.65 Å². The van der Waals surface area contributed by atoms with Gasteiger partial charge in [0.05, 0.1) is 23.7 Å². The molecule has 0 bridgehead atoms. The lowest BCUT2D eigenvalue weighted by atomic mass is 9.57. The number of fused-ring (bicyclic) bond motifs is 3. The van der Waals surface area contributed by atoms with Crippen molar-refractivity contribution in [3.63, 3.8) is 0 Å². The number of hydrogen-bond acceptors (Lipinski definition) is 7. The van der Waals surface area contributed by atoms with Gasteiger partial charge in [-0.05, 0) is 61.6 Å². The van der Waals surface area contributed by atoms with E-state index >= 15 is 0 Å². The van der Waals surface area contributed by atoms with Gasteiger partial charge in [-0.1, -0.05) is 11.6 Å². The maximum atomic E-state index is 13.7. The molecule has 2 saturated carbocycles. The van der Waals surface area contributed by atoms with Crippen molar-refractivity contribution in [3.05, 3.63) is 64.1 Å². The van der Waals surface area contributed by atoms with Gasteiger partial charge in [0, 0.05) is 42.5 Å². The van der Waals surface area contributed by atoms with Crippen molar-refractivity contribution in [1.29, 1.82) is 10.5 Å². The summed E-state index contributed by atoms with van der Waals surface area (Å²) < 4.78 is 15.9. The number of rotatable bonds is 4. The zero-order chi connectivity index (χ0) is 25.4. The van der Waals surface area contributed by atoms with E-state index in [1.54, 1.807) is 6.07 Å². The minimum Gasteiger partial charge on any atom is -0.355 e. The van der Waals surface area contributed by atoms with Crippen LogP contribution in [-0.4, -0.2) is 44.3 Å². The second kappa shape index (κ2) is 7.98. The van der Waals surface area contributed by atoms with E-state index in [2.05, 4.69) is 41.7 Å². The van der Waals surface area contributed by atoms with Crippen LogP contribution in [0.4, 0.5) is 10.2 Å². The molecule has 3 aromatic rings. The normalized spacial score (nSPS) is 21.1. The van der Waals surface area contributed by atoms with E-state index < -0.39 is 5.82 Å². The highest BCUT2D eigenvalue weighted by Crippen LogP contribution is 2.56. The summed E-state index contributed by atoms with van der Waals surface area (Å²) in [5, 5.41) is 28.7. The molecule has 4 aliphatic rings. The van der Waals surface area contributed by atoms with Gasteiger partial charge >= 0.3 is 0 Å². The van der Waals surface area contributed by atoms with Crippen molar-refractivity contribution in [1.82, 2.24) is 24.6 Å². The summed E-state index contributed by atoms with van der Waals surface area (Å²) in [6.07, 6.45) is 3.90. The molecule has 0 amide bonds. The summed E-state index contributed by atoms with van der Waals surface area (Å²) in [4.78, 5) is 8.59. The van der Waals surface area contributed by atoms with Crippen LogP contribution in [0, 0.1) is 39.3 Å². The Morgan fingerprint density at radius 3 is 2.62 bits per heavy atom. The van der Waals surface area contributed by atoms with Crippen LogP contribution in [0.25, 0.3) is 5.69 Å². The van der Waals surface area contributed by atoms with Gasteiger partial charge in [0.25, 0.3) is 0 Å². The first-order chi connectivity index (χ1) is 17.9. The molecule has 10 heteroatoms. The van der Waals surface area contributed by atoms with E-state index in [4.69, 9.17) is 16.9 Å². The fraction of sp³-hybridized carbons (Fsp3) is 0.444. The molecule has 1 saturated heterocycles. The molecule has 0 N–H and O–H groups in total. The maximum Gasteiger partial charge on any atom is 0.178 e. The fourth-order valence-electron chi connectivity index (χ4n) is 6.39. The molecule has 4 heterocycles. The molecule has 37 heavy (non-hydrogen) atoms. The van der Waals surface area contributed by atoms with Gasteiger partial charge in [0.15, 0.2) is 17.3 Å². The first kappa shape index (κ1) is 22.7. The summed E-state index contributed by atoms with van der Waals surface area (Å²) >= 11 is 6.39. The predicted octanol–water partition coefficient (Wildman–Crippen LogP) is 4.33. The molecule has 2 aliphatic carbocycles. The van der Waals surface area contributed by atoms with Crippen molar-refractivity contribution < 1.29 is 4.39 Å². The average Bonchev–Trinajstić information content (AvgIpc) is 3.53. The SMILES string of the molecule is N#Cc1nc(N2CC3(CC(c4nnc5n4-c4ccc(Cl)cc4CN(CC4(C#N)CC4)C5)C3)C2)ccc1F. The molecule has 2 aromatic heterocycles. The molecular formula is C27H24ClFN8. The zero-order valence-corrected chi connectivity index (χ0v) is 20.9. The molecule has 2 aliphatic heterocycles. The highest BCUT2D eigenvalue weighted by atomic mass is 35.5. The van der Waals surface area contributed by atoms with Crippen LogP contribution < -0.4 is 4.90 Å². The number of nitriles is 2. The van der Waals surface area contributed by atoms with E-state index in [0.29, 0.717) is 23.3 Å². The second-order valence-corrected chi connectivity index (χ2v) is 11.6. The largest absolute Gasteiger partial charge is 0.355 e. The van der Waals surface area contributed by atoms with E-state index in [1.165, 1.54) is 6.07 Å². The van der Waals surface area contributed by atoms with Crippen LogP contribution in [0.2, 0.25) is 5.02 Å². The monoisotopic (exact) mass is 514 g/mol. The first-order valence-corrected chi connectivity index (χ1v) is 13.0. The average molecular weight is 515 g/mol. The van der Waals surface area contributed by atoms with Crippen molar-refractivity contribution in [2.75, 3.05) is 24.5 Å². The highest BCUT2D eigenvalue weighted by molar-refractivity contribution is 6.30. The number of hydrogen-bond donors (Lipinski definition) is 0. The second-order valence-electron chi connectivity index (χ2n) is 11.2. The van der Waals surface area contributed by atoms with Crippen LogP contribution in [-0.2, 0) is 13.1 Å². The Bertz CT molecular complexity index is 1500. The minimum atomic E-state index is -0.585. The third kappa shape index (κ3) is 3.68. The molecule has 8 nitrogen and oxygen atoms in total. The first-order valence-electron chi connectivity index (χ1n) is 12.6. The third-order valence-electron chi connectivity index (χ3n) is 8.45. The smallest absolute Gasteiger partial charge is 0.178 e. The van der Waals surface area contributed by atoms with E-state index in [-0.39, 0.29) is 16.5 Å². The lowest BCUT2D eigenvalue weighted by molar-refractivity contribution is 0.0581. The van der Waals surface area contributed by atoms with Gasteiger partial charge in [-0.15, -0.1) is 10.2 Å². The minimum absolute atomic E-state index is 0.161. The Hall–Kier alpha value is -3.53. The molecule has 0 unspecified atom stereocenters. The lowest BCUT2D eigenvalue weighted by Gasteiger charge is -2.59. The number of aromatic nitrogens is 4. The highest BCUT2D eigenvalue weighted by Gasteiger charge is 2.54. The van der Waals surface area contributed by atoms with Crippen LogP contribution in [0.3, 0.4) is 0 Å². The predicted molar refractivity (Wildman–Crippen MR) is 133 cm³/mol. The Morgan fingerprint density at radius 2 is 1.89 bits per heavy atom. The summed E-state index contributed by atoms with van der Waals surface area (Å²) in [7, 11) is 0.